The van der Waals surface area contributed by atoms with E-state index in [4.69, 9.17) is 14.2 Å². The third-order valence-electron chi connectivity index (χ3n) is 8.14. The number of carbonyl (C=O) groups excluding carboxylic acids is 1. The summed E-state index contributed by atoms with van der Waals surface area (Å²) in [6.07, 6.45) is 4.60. The maximum absolute atomic E-state index is 14.5. The van der Waals surface area contributed by atoms with E-state index < -0.39 is 15.9 Å². The van der Waals surface area contributed by atoms with Crippen molar-refractivity contribution in [3.8, 4) is 11.5 Å². The van der Waals surface area contributed by atoms with Crippen molar-refractivity contribution in [3.05, 3.63) is 65.7 Å². The van der Waals surface area contributed by atoms with E-state index in [9.17, 15) is 18.3 Å². The Morgan fingerprint density at radius 1 is 1.02 bits per heavy atom. The quantitative estimate of drug-likeness (QED) is 0.447. The van der Waals surface area contributed by atoms with E-state index in [-0.39, 0.29) is 41.8 Å². The molecule has 2 aromatic carbocycles. The normalized spacial score (nSPS) is 23.4. The summed E-state index contributed by atoms with van der Waals surface area (Å²) in [6, 6.07) is 12.7. The fourth-order valence-corrected chi connectivity index (χ4v) is 7.59. The van der Waals surface area contributed by atoms with Crippen LogP contribution in [0.3, 0.4) is 0 Å². The number of carbonyl (C=O) groups is 1. The highest BCUT2D eigenvalue weighted by molar-refractivity contribution is 7.89. The van der Waals surface area contributed by atoms with E-state index in [1.165, 1.54) is 24.6 Å². The number of hydrogen-bond acceptors (Lipinski definition) is 8. The van der Waals surface area contributed by atoms with Crippen LogP contribution in [0, 0.1) is 0 Å². The topological polar surface area (TPSA) is 109 Å². The molecule has 1 amide bonds. The summed E-state index contributed by atoms with van der Waals surface area (Å²) in [5.74, 6) is -0.267. The zero-order valence-corrected chi connectivity index (χ0v) is 24.5. The maximum Gasteiger partial charge on any atom is 0.243 e. The molecule has 1 N–H and O–H groups in total. The van der Waals surface area contributed by atoms with Gasteiger partial charge in [-0.05, 0) is 30.0 Å². The lowest BCUT2D eigenvalue weighted by Crippen LogP contribution is -2.43. The van der Waals surface area contributed by atoms with Gasteiger partial charge in [-0.1, -0.05) is 42.5 Å². The lowest BCUT2D eigenvalue weighted by Gasteiger charge is -2.36. The zero-order chi connectivity index (χ0) is 29.0. The minimum atomic E-state index is -3.96. The fraction of sp³-hybridized carbons (Fsp3) is 0.500. The average Bonchev–Trinajstić information content (AvgIpc) is 3.32. The second kappa shape index (κ2) is 12.9. The number of sulfonamides is 1. The number of amides is 1. The molecule has 0 radical (unpaired) electrons. The largest absolute Gasteiger partial charge is 0.493 e. The molecule has 2 unspecified atom stereocenters. The highest BCUT2D eigenvalue weighted by atomic mass is 32.2. The molecule has 3 atom stereocenters. The Balaban J connectivity index is 1.57. The molecule has 3 aliphatic rings. The average molecular weight is 586 g/mol. The molecular formula is C30H39N3O7S. The maximum atomic E-state index is 14.5. The number of hydrogen-bond donors (Lipinski definition) is 1. The van der Waals surface area contributed by atoms with Crippen LogP contribution in [0.2, 0.25) is 0 Å². The SMILES string of the molecule is COc1cc(C2CC=CCN([C@H](CN3CCC(O)C3)c3ccccc3)C2=O)c(S(=O)(=O)N2CCOCC2)cc1OC. The van der Waals surface area contributed by atoms with Crippen molar-refractivity contribution in [2.75, 3.05) is 66.7 Å². The summed E-state index contributed by atoms with van der Waals surface area (Å²) in [5.41, 5.74) is 1.38. The second-order valence-corrected chi connectivity index (χ2v) is 12.5. The van der Waals surface area contributed by atoms with Gasteiger partial charge in [0.2, 0.25) is 15.9 Å². The number of methoxy groups -OCH3 is 2. The van der Waals surface area contributed by atoms with Crippen molar-refractivity contribution in [2.24, 2.45) is 0 Å². The molecule has 0 aliphatic carbocycles. The summed E-state index contributed by atoms with van der Waals surface area (Å²) in [7, 11) is -1.01. The highest BCUT2D eigenvalue weighted by Gasteiger charge is 2.38. The third-order valence-corrected chi connectivity index (χ3v) is 10.1. The number of nitrogens with zero attached hydrogens (tertiary/aromatic N) is 3. The van der Waals surface area contributed by atoms with Gasteiger partial charge in [-0.15, -0.1) is 0 Å². The Morgan fingerprint density at radius 3 is 2.39 bits per heavy atom. The van der Waals surface area contributed by atoms with Crippen molar-refractivity contribution in [1.82, 2.24) is 14.1 Å². The molecule has 222 valence electrons. The van der Waals surface area contributed by atoms with E-state index in [1.807, 2.05) is 47.4 Å². The monoisotopic (exact) mass is 585 g/mol. The summed E-state index contributed by atoms with van der Waals surface area (Å²) < 4.78 is 45.9. The summed E-state index contributed by atoms with van der Waals surface area (Å²) in [6.45, 7) is 3.36. The van der Waals surface area contributed by atoms with Crippen molar-refractivity contribution in [3.63, 3.8) is 0 Å². The molecule has 11 heteroatoms. The van der Waals surface area contributed by atoms with Crippen LogP contribution in [0.5, 0.6) is 11.5 Å². The van der Waals surface area contributed by atoms with Gasteiger partial charge < -0.3 is 24.2 Å². The molecule has 2 saturated heterocycles. The lowest BCUT2D eigenvalue weighted by molar-refractivity contribution is -0.135. The van der Waals surface area contributed by atoms with E-state index in [0.29, 0.717) is 57.0 Å². The van der Waals surface area contributed by atoms with Crippen LogP contribution >= 0.6 is 0 Å². The first kappa shape index (κ1) is 29.5. The molecule has 5 rings (SSSR count). The molecular weight excluding hydrogens is 546 g/mol. The van der Waals surface area contributed by atoms with Crippen LogP contribution < -0.4 is 9.47 Å². The number of β-amino-alcohol motifs (C(OH)–C–C–N with tert-alkyl or cyclic N) is 1. The number of morpholine rings is 1. The van der Waals surface area contributed by atoms with Crippen molar-refractivity contribution >= 4 is 15.9 Å². The first-order chi connectivity index (χ1) is 19.8. The van der Waals surface area contributed by atoms with Gasteiger partial charge in [0, 0.05) is 45.3 Å². The fourth-order valence-electron chi connectivity index (χ4n) is 5.93. The van der Waals surface area contributed by atoms with Gasteiger partial charge in [0.25, 0.3) is 0 Å². The number of aliphatic hydroxyl groups is 1. The third kappa shape index (κ3) is 6.29. The van der Waals surface area contributed by atoms with Crippen LogP contribution in [0.1, 0.15) is 35.9 Å². The van der Waals surface area contributed by atoms with E-state index >= 15 is 0 Å². The number of allylic oxidation sites excluding steroid dienone is 1. The molecule has 0 bridgehead atoms. The molecule has 0 aromatic heterocycles. The van der Waals surface area contributed by atoms with Gasteiger partial charge in [-0.2, -0.15) is 4.31 Å². The second-order valence-electron chi connectivity index (χ2n) is 10.6. The minimum absolute atomic E-state index is 0.0459. The van der Waals surface area contributed by atoms with Crippen LogP contribution in [0.25, 0.3) is 0 Å². The molecule has 2 fully saturated rings. The Kier molecular flexibility index (Phi) is 9.30. The number of aliphatic hydroxyl groups excluding tert-OH is 1. The predicted octanol–water partition coefficient (Wildman–Crippen LogP) is 2.40. The molecule has 2 aromatic rings. The number of likely N-dealkylation sites (tertiary alicyclic amines) is 1. The standard InChI is InChI=1S/C30H39N3O7S/c1-38-27-18-25(29(19-28(27)39-2)41(36,37)32-14-16-40-17-15-32)24-10-6-7-12-33(30(24)35)26(22-8-4-3-5-9-22)21-31-13-11-23(34)20-31/h3-9,18-19,23-24,26,34H,10-17,20-21H2,1-2H3/t23?,24?,26-/m1/s1. The minimum Gasteiger partial charge on any atom is -0.493 e. The van der Waals surface area contributed by atoms with Crippen molar-refractivity contribution in [2.45, 2.75) is 35.8 Å². The summed E-state index contributed by atoms with van der Waals surface area (Å²) in [4.78, 5) is 18.6. The lowest BCUT2D eigenvalue weighted by atomic mass is 9.93. The van der Waals surface area contributed by atoms with E-state index in [1.54, 1.807) is 6.07 Å². The Labute approximate surface area is 242 Å². The van der Waals surface area contributed by atoms with Crippen LogP contribution in [-0.2, 0) is 19.6 Å². The highest BCUT2D eigenvalue weighted by Crippen LogP contribution is 2.41. The van der Waals surface area contributed by atoms with Gasteiger partial charge in [0.1, 0.15) is 0 Å². The molecule has 0 saturated carbocycles. The Hall–Kier alpha value is -2.96. The van der Waals surface area contributed by atoms with Gasteiger partial charge in [-0.25, -0.2) is 8.42 Å². The number of benzene rings is 2. The van der Waals surface area contributed by atoms with Gasteiger partial charge in [0.05, 0.1) is 50.4 Å². The Morgan fingerprint density at radius 2 is 1.73 bits per heavy atom. The zero-order valence-electron chi connectivity index (χ0n) is 23.6. The first-order valence-corrected chi connectivity index (χ1v) is 15.5. The van der Waals surface area contributed by atoms with E-state index in [0.717, 1.165) is 12.1 Å². The molecule has 10 nitrogen and oxygen atoms in total. The molecule has 3 heterocycles. The summed E-state index contributed by atoms with van der Waals surface area (Å²) >= 11 is 0. The predicted molar refractivity (Wildman–Crippen MR) is 154 cm³/mol. The molecule has 0 spiro atoms. The molecule has 3 aliphatic heterocycles. The Bertz CT molecular complexity index is 1350. The number of rotatable bonds is 9. The van der Waals surface area contributed by atoms with Crippen LogP contribution in [-0.4, -0.2) is 106 Å². The smallest absolute Gasteiger partial charge is 0.243 e. The summed E-state index contributed by atoms with van der Waals surface area (Å²) in [5, 5.41) is 10.2. The number of ether oxygens (including phenoxy) is 3. The molecule has 41 heavy (non-hydrogen) atoms. The van der Waals surface area contributed by atoms with Gasteiger partial charge in [0.15, 0.2) is 11.5 Å². The van der Waals surface area contributed by atoms with Crippen molar-refractivity contribution < 1.29 is 32.5 Å². The van der Waals surface area contributed by atoms with Gasteiger partial charge >= 0.3 is 0 Å². The van der Waals surface area contributed by atoms with E-state index in [2.05, 4.69) is 4.90 Å². The van der Waals surface area contributed by atoms with Crippen molar-refractivity contribution in [1.29, 1.82) is 0 Å². The first-order valence-electron chi connectivity index (χ1n) is 14.1. The van der Waals surface area contributed by atoms with Gasteiger partial charge in [-0.3, -0.25) is 9.69 Å². The van der Waals surface area contributed by atoms with Crippen LogP contribution in [0.4, 0.5) is 0 Å². The van der Waals surface area contributed by atoms with Crippen LogP contribution in [0.15, 0.2) is 59.5 Å².